The molecule has 0 atom stereocenters. The Morgan fingerprint density at radius 2 is 1.29 bits per heavy atom. The van der Waals surface area contributed by atoms with Crippen molar-refractivity contribution in [3.05, 3.63) is 41.0 Å². The molecular formula is C13H15N. The average Bonchev–Trinajstić information content (AvgIpc) is 2.23. The minimum atomic E-state index is 0.932. The Labute approximate surface area is 84.5 Å². The molecule has 2 N–H and O–H groups in total. The Kier molecular flexibility index (Phi) is 1.95. The predicted molar refractivity (Wildman–Crippen MR) is 62.6 cm³/mol. The molecule has 0 aliphatic heterocycles. The molecule has 2 aromatic carbocycles. The number of hydrogen-bond donors (Lipinski definition) is 1. The number of fused-ring (bicyclic) bond motifs is 1. The van der Waals surface area contributed by atoms with Gasteiger partial charge in [0.05, 0.1) is 0 Å². The molecule has 14 heavy (non-hydrogen) atoms. The summed E-state index contributed by atoms with van der Waals surface area (Å²) in [6.07, 6.45) is 0. The van der Waals surface area contributed by atoms with E-state index in [2.05, 4.69) is 45.0 Å². The van der Waals surface area contributed by atoms with Crippen LogP contribution in [0.5, 0.6) is 0 Å². The van der Waals surface area contributed by atoms with Gasteiger partial charge >= 0.3 is 0 Å². The zero-order valence-electron chi connectivity index (χ0n) is 8.89. The number of hydrogen-bond acceptors (Lipinski definition) is 1. The number of anilines is 1. The van der Waals surface area contributed by atoms with Crippen LogP contribution in [0.2, 0.25) is 0 Å². The lowest BCUT2D eigenvalue weighted by Crippen LogP contribution is -1.97. The first kappa shape index (κ1) is 9.07. The molecule has 72 valence electrons. The zero-order valence-corrected chi connectivity index (χ0v) is 8.89. The maximum Gasteiger partial charge on any atom is 0.0382 e. The first-order valence-corrected chi connectivity index (χ1v) is 4.87. The second-order valence-corrected chi connectivity index (χ2v) is 3.83. The van der Waals surface area contributed by atoms with Gasteiger partial charge in [0.25, 0.3) is 0 Å². The van der Waals surface area contributed by atoms with Gasteiger partial charge in [-0.3, -0.25) is 0 Å². The van der Waals surface area contributed by atoms with Gasteiger partial charge in [-0.15, -0.1) is 0 Å². The highest BCUT2D eigenvalue weighted by Crippen LogP contribution is 2.30. The van der Waals surface area contributed by atoms with Gasteiger partial charge in [0.2, 0.25) is 0 Å². The molecule has 0 amide bonds. The fourth-order valence-corrected chi connectivity index (χ4v) is 1.97. The summed E-state index contributed by atoms with van der Waals surface area (Å²) in [5.41, 5.74) is 10.7. The Balaban J connectivity index is 3.02. The molecule has 1 nitrogen and oxygen atoms in total. The fraction of sp³-hybridized carbons (Fsp3) is 0.231. The molecule has 0 aliphatic carbocycles. The molecule has 2 aromatic rings. The second-order valence-electron chi connectivity index (χ2n) is 3.83. The van der Waals surface area contributed by atoms with Crippen LogP contribution in [0.15, 0.2) is 24.3 Å². The van der Waals surface area contributed by atoms with E-state index in [4.69, 9.17) is 5.73 Å². The number of aryl methyl sites for hydroxylation is 2. The fourth-order valence-electron chi connectivity index (χ4n) is 1.97. The smallest absolute Gasteiger partial charge is 0.0382 e. The van der Waals surface area contributed by atoms with Gasteiger partial charge in [0.15, 0.2) is 0 Å². The van der Waals surface area contributed by atoms with Gasteiger partial charge in [-0.2, -0.15) is 0 Å². The highest BCUT2D eigenvalue weighted by Gasteiger charge is 2.07. The molecule has 1 heteroatoms. The first-order chi connectivity index (χ1) is 6.63. The van der Waals surface area contributed by atoms with Crippen LogP contribution in [-0.4, -0.2) is 0 Å². The minimum Gasteiger partial charge on any atom is -0.398 e. The Bertz CT molecular complexity index is 452. The largest absolute Gasteiger partial charge is 0.398 e. The minimum absolute atomic E-state index is 0.932. The Morgan fingerprint density at radius 1 is 0.786 bits per heavy atom. The van der Waals surface area contributed by atoms with Gasteiger partial charge in [-0.25, -0.2) is 0 Å². The van der Waals surface area contributed by atoms with Gasteiger partial charge in [-0.05, 0) is 48.2 Å². The van der Waals surface area contributed by atoms with Crippen molar-refractivity contribution in [2.24, 2.45) is 0 Å². The number of nitrogen functional groups attached to an aromatic ring is 1. The van der Waals surface area contributed by atoms with Crippen LogP contribution >= 0.6 is 0 Å². The summed E-state index contributed by atoms with van der Waals surface area (Å²) in [7, 11) is 0. The lowest BCUT2D eigenvalue weighted by atomic mass is 9.95. The summed E-state index contributed by atoms with van der Waals surface area (Å²) in [4.78, 5) is 0. The molecule has 0 aromatic heterocycles. The van der Waals surface area contributed by atoms with E-state index in [0.29, 0.717) is 0 Å². The Morgan fingerprint density at radius 3 is 1.86 bits per heavy atom. The van der Waals surface area contributed by atoms with E-state index in [1.54, 1.807) is 0 Å². The molecule has 0 aliphatic rings. The van der Waals surface area contributed by atoms with E-state index in [0.717, 1.165) is 5.69 Å². The number of rotatable bonds is 0. The molecule has 2 rings (SSSR count). The van der Waals surface area contributed by atoms with Gasteiger partial charge in [-0.1, -0.05) is 24.3 Å². The molecule has 0 saturated heterocycles. The van der Waals surface area contributed by atoms with E-state index in [1.165, 1.54) is 27.5 Å². The molecule has 0 spiro atoms. The summed E-state index contributed by atoms with van der Waals surface area (Å²) in [5.74, 6) is 0. The second kappa shape index (κ2) is 3.02. The van der Waals surface area contributed by atoms with Crippen LogP contribution in [0.3, 0.4) is 0 Å². The lowest BCUT2D eigenvalue weighted by Gasteiger charge is -2.13. The molecule has 0 bridgehead atoms. The summed E-state index contributed by atoms with van der Waals surface area (Å²) in [5, 5.41) is 2.59. The monoisotopic (exact) mass is 185 g/mol. The van der Waals surface area contributed by atoms with Gasteiger partial charge in [0.1, 0.15) is 0 Å². The van der Waals surface area contributed by atoms with Crippen molar-refractivity contribution in [1.29, 1.82) is 0 Å². The molecular weight excluding hydrogens is 170 g/mol. The van der Waals surface area contributed by atoms with Crippen molar-refractivity contribution in [3.63, 3.8) is 0 Å². The van der Waals surface area contributed by atoms with Crippen LogP contribution in [0.1, 0.15) is 16.7 Å². The number of nitrogens with two attached hydrogens (primary N) is 1. The van der Waals surface area contributed by atoms with Gasteiger partial charge in [0, 0.05) is 5.69 Å². The van der Waals surface area contributed by atoms with Crippen molar-refractivity contribution >= 4 is 16.5 Å². The zero-order chi connectivity index (χ0) is 10.3. The maximum absolute atomic E-state index is 6.05. The molecule has 0 radical (unpaired) electrons. The standard InChI is InChI=1S/C13H15N/c1-8-9(2)13(14)10(3)12-7-5-4-6-11(8)12/h4-7H,14H2,1-3H3. The van der Waals surface area contributed by atoms with Crippen molar-refractivity contribution in [1.82, 2.24) is 0 Å². The summed E-state index contributed by atoms with van der Waals surface area (Å²) < 4.78 is 0. The predicted octanol–water partition coefficient (Wildman–Crippen LogP) is 3.35. The van der Waals surface area contributed by atoms with E-state index in [1.807, 2.05) is 0 Å². The van der Waals surface area contributed by atoms with Crippen molar-refractivity contribution < 1.29 is 0 Å². The average molecular weight is 185 g/mol. The quantitative estimate of drug-likeness (QED) is 0.626. The lowest BCUT2D eigenvalue weighted by molar-refractivity contribution is 1.35. The van der Waals surface area contributed by atoms with Crippen LogP contribution in [0.25, 0.3) is 10.8 Å². The summed E-state index contributed by atoms with van der Waals surface area (Å²) >= 11 is 0. The van der Waals surface area contributed by atoms with Crippen LogP contribution < -0.4 is 5.73 Å². The van der Waals surface area contributed by atoms with E-state index >= 15 is 0 Å². The highest BCUT2D eigenvalue weighted by molar-refractivity contribution is 5.93. The molecule has 0 saturated carbocycles. The number of benzene rings is 2. The summed E-state index contributed by atoms with van der Waals surface area (Å²) in [6, 6.07) is 8.42. The maximum atomic E-state index is 6.05. The van der Waals surface area contributed by atoms with Crippen molar-refractivity contribution in [2.75, 3.05) is 5.73 Å². The Hall–Kier alpha value is -1.50. The molecule has 0 unspecified atom stereocenters. The highest BCUT2D eigenvalue weighted by atomic mass is 14.6. The van der Waals surface area contributed by atoms with Crippen LogP contribution in [-0.2, 0) is 0 Å². The summed E-state index contributed by atoms with van der Waals surface area (Å²) in [6.45, 7) is 6.31. The SMILES string of the molecule is Cc1c(N)c(C)c2ccccc2c1C. The van der Waals surface area contributed by atoms with E-state index in [9.17, 15) is 0 Å². The van der Waals surface area contributed by atoms with Crippen LogP contribution in [0, 0.1) is 20.8 Å². The van der Waals surface area contributed by atoms with Crippen molar-refractivity contribution in [2.45, 2.75) is 20.8 Å². The normalized spacial score (nSPS) is 10.8. The first-order valence-electron chi connectivity index (χ1n) is 4.87. The molecule has 0 fully saturated rings. The third-order valence-electron chi connectivity index (χ3n) is 3.11. The van der Waals surface area contributed by atoms with Gasteiger partial charge < -0.3 is 5.73 Å². The van der Waals surface area contributed by atoms with Crippen LogP contribution in [0.4, 0.5) is 5.69 Å². The topological polar surface area (TPSA) is 26.0 Å². The third kappa shape index (κ3) is 1.09. The molecule has 0 heterocycles. The third-order valence-corrected chi connectivity index (χ3v) is 3.11. The van der Waals surface area contributed by atoms with Crippen molar-refractivity contribution in [3.8, 4) is 0 Å². The van der Waals surface area contributed by atoms with E-state index in [-0.39, 0.29) is 0 Å². The van der Waals surface area contributed by atoms with E-state index < -0.39 is 0 Å².